The van der Waals surface area contributed by atoms with Gasteiger partial charge in [0.25, 0.3) is 0 Å². The fourth-order valence-corrected chi connectivity index (χ4v) is 1.98. The van der Waals surface area contributed by atoms with Gasteiger partial charge in [-0.2, -0.15) is 0 Å². The molecule has 0 amide bonds. The van der Waals surface area contributed by atoms with Crippen LogP contribution in [0.1, 0.15) is 11.1 Å². The summed E-state index contributed by atoms with van der Waals surface area (Å²) in [6, 6.07) is 9.10. The van der Waals surface area contributed by atoms with E-state index in [1.165, 1.54) is 18.2 Å². The van der Waals surface area contributed by atoms with Gasteiger partial charge < -0.3 is 15.7 Å². The molecule has 0 atom stereocenters. The Morgan fingerprint density at radius 2 is 1.95 bits per heavy atom. The number of hydrogen-bond donors (Lipinski definition) is 2. The number of oxime groups is 1. The third kappa shape index (κ3) is 3.77. The molecule has 3 N–H and O–H groups in total. The Labute approximate surface area is 130 Å². The number of ether oxygens (including phenoxy) is 1. The summed E-state index contributed by atoms with van der Waals surface area (Å²) in [5, 5.41) is 11.8. The van der Waals surface area contributed by atoms with Gasteiger partial charge in [0.05, 0.1) is 10.0 Å². The average Bonchev–Trinajstić information content (AvgIpc) is 2.48. The predicted molar refractivity (Wildman–Crippen MR) is 79.7 cm³/mol. The second-order valence-corrected chi connectivity index (χ2v) is 4.98. The van der Waals surface area contributed by atoms with Gasteiger partial charge >= 0.3 is 0 Å². The van der Waals surface area contributed by atoms with Crippen LogP contribution in [0.4, 0.5) is 4.39 Å². The lowest BCUT2D eigenvalue weighted by molar-refractivity contribution is 0.305. The van der Waals surface area contributed by atoms with E-state index in [1.54, 1.807) is 18.2 Å². The molecule has 0 bridgehead atoms. The van der Waals surface area contributed by atoms with Gasteiger partial charge in [-0.1, -0.05) is 34.4 Å². The Morgan fingerprint density at radius 1 is 1.19 bits per heavy atom. The van der Waals surface area contributed by atoms with E-state index in [1.807, 2.05) is 0 Å². The van der Waals surface area contributed by atoms with Crippen molar-refractivity contribution in [2.75, 3.05) is 0 Å². The van der Waals surface area contributed by atoms with Crippen LogP contribution in [0.5, 0.6) is 5.75 Å². The minimum Gasteiger partial charge on any atom is -0.487 e. The molecular formula is C14H11Cl2FN2O2. The van der Waals surface area contributed by atoms with E-state index in [0.29, 0.717) is 21.9 Å². The molecule has 0 spiro atoms. The van der Waals surface area contributed by atoms with Crippen molar-refractivity contribution in [3.8, 4) is 5.75 Å². The van der Waals surface area contributed by atoms with Crippen molar-refractivity contribution in [3.05, 3.63) is 63.4 Å². The molecule has 0 aliphatic heterocycles. The fourth-order valence-electron chi connectivity index (χ4n) is 1.63. The van der Waals surface area contributed by atoms with Crippen molar-refractivity contribution in [1.29, 1.82) is 0 Å². The maximum absolute atomic E-state index is 13.3. The first-order valence-electron chi connectivity index (χ1n) is 5.85. The highest BCUT2D eigenvalue weighted by molar-refractivity contribution is 6.32. The Hall–Kier alpha value is -1.98. The smallest absolute Gasteiger partial charge is 0.170 e. The lowest BCUT2D eigenvalue weighted by Crippen LogP contribution is -2.12. The maximum atomic E-state index is 13.3. The molecule has 0 aliphatic rings. The standard InChI is InChI=1S/C14H11Cl2FN2O2/c15-10-3-1-8(5-12(10)17)7-21-13-4-2-9(6-11(13)16)14(18)19-20/h1-6,20H,7H2,(H2,18,19). The molecule has 0 unspecified atom stereocenters. The molecule has 0 heterocycles. The molecule has 0 radical (unpaired) electrons. The SMILES string of the molecule is N/C(=N/O)c1ccc(OCc2ccc(Cl)c(F)c2)c(Cl)c1. The quantitative estimate of drug-likeness (QED) is 0.388. The second-order valence-electron chi connectivity index (χ2n) is 4.17. The van der Waals surface area contributed by atoms with Crippen molar-refractivity contribution in [2.45, 2.75) is 6.61 Å². The Balaban J connectivity index is 2.11. The minimum atomic E-state index is -0.508. The number of nitrogens with zero attached hydrogens (tertiary/aromatic N) is 1. The van der Waals surface area contributed by atoms with Crippen molar-refractivity contribution >= 4 is 29.0 Å². The molecule has 0 saturated heterocycles. The zero-order valence-corrected chi connectivity index (χ0v) is 12.2. The van der Waals surface area contributed by atoms with Crippen LogP contribution in [-0.4, -0.2) is 11.0 Å². The zero-order valence-electron chi connectivity index (χ0n) is 10.7. The number of rotatable bonds is 4. The molecular weight excluding hydrogens is 318 g/mol. The summed E-state index contributed by atoms with van der Waals surface area (Å²) in [7, 11) is 0. The summed E-state index contributed by atoms with van der Waals surface area (Å²) in [4.78, 5) is 0. The Kier molecular flexibility index (Phi) is 4.88. The molecule has 2 aromatic carbocycles. The average molecular weight is 329 g/mol. The van der Waals surface area contributed by atoms with E-state index in [0.717, 1.165) is 0 Å². The molecule has 0 saturated carbocycles. The summed E-state index contributed by atoms with van der Waals surface area (Å²) in [5.41, 5.74) is 6.54. The molecule has 110 valence electrons. The highest BCUT2D eigenvalue weighted by Gasteiger charge is 2.07. The summed E-state index contributed by atoms with van der Waals surface area (Å²) in [6.07, 6.45) is 0. The van der Waals surface area contributed by atoms with Gasteiger partial charge in [-0.25, -0.2) is 4.39 Å². The molecule has 0 aliphatic carbocycles. The van der Waals surface area contributed by atoms with Crippen LogP contribution in [0.2, 0.25) is 10.0 Å². The lowest BCUT2D eigenvalue weighted by Gasteiger charge is -2.09. The number of hydrogen-bond acceptors (Lipinski definition) is 3. The van der Waals surface area contributed by atoms with Crippen molar-refractivity contribution in [3.63, 3.8) is 0 Å². The minimum absolute atomic E-state index is 0.0526. The van der Waals surface area contributed by atoms with Crippen molar-refractivity contribution in [2.24, 2.45) is 10.9 Å². The van der Waals surface area contributed by atoms with Crippen LogP contribution >= 0.6 is 23.2 Å². The first kappa shape index (κ1) is 15.4. The molecule has 7 heteroatoms. The van der Waals surface area contributed by atoms with Gasteiger partial charge in [-0.05, 0) is 35.9 Å². The summed E-state index contributed by atoms with van der Waals surface area (Å²) in [6.45, 7) is 0.136. The van der Waals surface area contributed by atoms with Gasteiger partial charge in [-0.15, -0.1) is 0 Å². The Bertz CT molecular complexity index is 693. The third-order valence-corrected chi connectivity index (χ3v) is 3.32. The summed E-state index contributed by atoms with van der Waals surface area (Å²) < 4.78 is 18.8. The van der Waals surface area contributed by atoms with E-state index in [9.17, 15) is 4.39 Å². The second kappa shape index (κ2) is 6.65. The molecule has 0 aromatic heterocycles. The normalized spacial score (nSPS) is 11.5. The van der Waals surface area contributed by atoms with Gasteiger partial charge in [0, 0.05) is 5.56 Å². The highest BCUT2D eigenvalue weighted by Crippen LogP contribution is 2.26. The van der Waals surface area contributed by atoms with Crippen LogP contribution in [-0.2, 0) is 6.61 Å². The molecule has 2 rings (SSSR count). The summed E-state index contributed by atoms with van der Waals surface area (Å²) in [5.74, 6) is -0.157. The highest BCUT2D eigenvalue weighted by atomic mass is 35.5. The molecule has 21 heavy (non-hydrogen) atoms. The molecule has 4 nitrogen and oxygen atoms in total. The van der Waals surface area contributed by atoms with Crippen LogP contribution in [0.25, 0.3) is 0 Å². The zero-order chi connectivity index (χ0) is 15.4. The van der Waals surface area contributed by atoms with Crippen LogP contribution < -0.4 is 10.5 Å². The number of amidine groups is 1. The van der Waals surface area contributed by atoms with E-state index < -0.39 is 5.82 Å². The van der Waals surface area contributed by atoms with Gasteiger partial charge in [0.2, 0.25) is 0 Å². The van der Waals surface area contributed by atoms with Gasteiger partial charge in [0.1, 0.15) is 18.2 Å². The molecule has 0 fully saturated rings. The monoisotopic (exact) mass is 328 g/mol. The van der Waals surface area contributed by atoms with E-state index in [4.69, 9.17) is 38.9 Å². The van der Waals surface area contributed by atoms with Crippen molar-refractivity contribution < 1.29 is 14.3 Å². The van der Waals surface area contributed by atoms with E-state index in [2.05, 4.69) is 5.16 Å². The maximum Gasteiger partial charge on any atom is 0.170 e. The topological polar surface area (TPSA) is 67.8 Å². The number of halogens is 3. The van der Waals surface area contributed by atoms with Gasteiger partial charge in [-0.3, -0.25) is 0 Å². The third-order valence-electron chi connectivity index (χ3n) is 2.71. The van der Waals surface area contributed by atoms with E-state index >= 15 is 0 Å². The molecule has 2 aromatic rings. The predicted octanol–water partition coefficient (Wildman–Crippen LogP) is 3.81. The van der Waals surface area contributed by atoms with E-state index in [-0.39, 0.29) is 17.5 Å². The Morgan fingerprint density at radius 3 is 2.57 bits per heavy atom. The number of benzene rings is 2. The number of nitrogens with two attached hydrogens (primary N) is 1. The lowest BCUT2D eigenvalue weighted by atomic mass is 10.2. The van der Waals surface area contributed by atoms with Crippen LogP contribution in [0, 0.1) is 5.82 Å². The first-order valence-corrected chi connectivity index (χ1v) is 6.61. The van der Waals surface area contributed by atoms with Crippen LogP contribution in [0.15, 0.2) is 41.6 Å². The first-order chi connectivity index (χ1) is 10.0. The van der Waals surface area contributed by atoms with Gasteiger partial charge in [0.15, 0.2) is 5.84 Å². The van der Waals surface area contributed by atoms with Crippen LogP contribution in [0.3, 0.4) is 0 Å². The fraction of sp³-hybridized carbons (Fsp3) is 0.0714. The largest absolute Gasteiger partial charge is 0.487 e. The summed E-state index contributed by atoms with van der Waals surface area (Å²) >= 11 is 11.6. The van der Waals surface area contributed by atoms with Crippen molar-refractivity contribution in [1.82, 2.24) is 0 Å².